The van der Waals surface area contributed by atoms with E-state index in [4.69, 9.17) is 0 Å². The molecule has 1 aromatic rings. The first kappa shape index (κ1) is 13.5. The maximum Gasteiger partial charge on any atom is 0.233 e. The van der Waals surface area contributed by atoms with Crippen LogP contribution in [0.4, 0.5) is 0 Å². The quantitative estimate of drug-likeness (QED) is 0.884. The number of hydrogen-bond donors (Lipinski definition) is 1. The van der Waals surface area contributed by atoms with E-state index < -0.39 is 0 Å². The predicted molar refractivity (Wildman–Crippen MR) is 77.8 cm³/mol. The summed E-state index contributed by atoms with van der Waals surface area (Å²) >= 11 is 1.72. The van der Waals surface area contributed by atoms with E-state index in [9.17, 15) is 4.79 Å². The minimum atomic E-state index is 0.0329. The number of carbonyl (C=O) groups excluding carboxylic acids is 1. The van der Waals surface area contributed by atoms with Gasteiger partial charge in [-0.25, -0.2) is 0 Å². The minimum absolute atomic E-state index is 0.0329. The summed E-state index contributed by atoms with van der Waals surface area (Å²) in [6.45, 7) is 6.23. The summed E-state index contributed by atoms with van der Waals surface area (Å²) < 4.78 is 0. The topological polar surface area (TPSA) is 29.1 Å². The van der Waals surface area contributed by atoms with E-state index >= 15 is 0 Å². The Morgan fingerprint density at radius 2 is 2.17 bits per heavy atom. The first-order valence-corrected chi connectivity index (χ1v) is 7.59. The van der Waals surface area contributed by atoms with Crippen molar-refractivity contribution >= 4 is 17.7 Å². The maximum absolute atomic E-state index is 11.8. The second-order valence-electron chi connectivity index (χ2n) is 5.17. The Balaban J connectivity index is 1.85. The molecule has 0 radical (unpaired) electrons. The fraction of sp³-hybridized carbons (Fsp3) is 0.533. The molecule has 0 bridgehead atoms. The van der Waals surface area contributed by atoms with Crippen molar-refractivity contribution in [2.24, 2.45) is 0 Å². The van der Waals surface area contributed by atoms with Gasteiger partial charge >= 0.3 is 0 Å². The molecule has 0 aliphatic heterocycles. The molecule has 0 saturated heterocycles. The van der Waals surface area contributed by atoms with Gasteiger partial charge in [-0.2, -0.15) is 0 Å². The van der Waals surface area contributed by atoms with Crippen LogP contribution in [0.25, 0.3) is 0 Å². The fourth-order valence-electron chi connectivity index (χ4n) is 1.79. The lowest BCUT2D eigenvalue weighted by Gasteiger charge is -2.13. The first-order valence-electron chi connectivity index (χ1n) is 6.54. The Morgan fingerprint density at radius 1 is 1.44 bits per heavy atom. The zero-order valence-electron chi connectivity index (χ0n) is 11.3. The van der Waals surface area contributed by atoms with Crippen LogP contribution < -0.4 is 5.32 Å². The maximum atomic E-state index is 11.8. The molecule has 1 aliphatic carbocycles. The molecule has 2 rings (SSSR count). The normalized spacial score (nSPS) is 16.4. The van der Waals surface area contributed by atoms with Gasteiger partial charge in [0, 0.05) is 11.8 Å². The van der Waals surface area contributed by atoms with Gasteiger partial charge in [-0.3, -0.25) is 4.79 Å². The van der Waals surface area contributed by atoms with Crippen molar-refractivity contribution < 1.29 is 4.79 Å². The number of carbonyl (C=O) groups is 1. The highest BCUT2D eigenvalue weighted by molar-refractivity contribution is 7.99. The van der Waals surface area contributed by atoms with Crippen molar-refractivity contribution in [2.75, 3.05) is 0 Å². The van der Waals surface area contributed by atoms with Crippen molar-refractivity contribution in [3.8, 4) is 0 Å². The SMILES string of the molecule is Cc1ccc(C)c(CS[C@@H](C)C(=O)NC2CC2)c1. The number of aryl methyl sites for hydroxylation is 2. The molecule has 2 nitrogen and oxygen atoms in total. The van der Waals surface area contributed by atoms with Gasteiger partial charge in [0.15, 0.2) is 0 Å². The summed E-state index contributed by atoms with van der Waals surface area (Å²) in [6, 6.07) is 6.96. The third-order valence-electron chi connectivity index (χ3n) is 3.29. The highest BCUT2D eigenvalue weighted by Gasteiger charge is 2.25. The second kappa shape index (κ2) is 5.79. The van der Waals surface area contributed by atoms with Crippen LogP contribution in [0.2, 0.25) is 0 Å². The van der Waals surface area contributed by atoms with Crippen LogP contribution in [-0.4, -0.2) is 17.2 Å². The Bertz CT molecular complexity index is 440. The molecule has 98 valence electrons. The summed E-state index contributed by atoms with van der Waals surface area (Å²) in [5.74, 6) is 1.10. The summed E-state index contributed by atoms with van der Waals surface area (Å²) in [7, 11) is 0. The molecule has 1 aliphatic rings. The van der Waals surface area contributed by atoms with E-state index in [2.05, 4.69) is 37.4 Å². The molecule has 0 unspecified atom stereocenters. The molecular weight excluding hydrogens is 242 g/mol. The number of thioether (sulfide) groups is 1. The van der Waals surface area contributed by atoms with E-state index in [1.165, 1.54) is 16.7 Å². The fourth-order valence-corrected chi connectivity index (χ4v) is 2.75. The molecule has 1 fully saturated rings. The molecule has 1 aromatic carbocycles. The van der Waals surface area contributed by atoms with E-state index in [1.54, 1.807) is 11.8 Å². The summed E-state index contributed by atoms with van der Waals surface area (Å²) in [6.07, 6.45) is 2.31. The van der Waals surface area contributed by atoms with Crippen LogP contribution in [0.5, 0.6) is 0 Å². The number of amides is 1. The van der Waals surface area contributed by atoms with Crippen LogP contribution in [0, 0.1) is 13.8 Å². The Labute approximate surface area is 114 Å². The number of benzene rings is 1. The third-order valence-corrected chi connectivity index (χ3v) is 4.48. The van der Waals surface area contributed by atoms with Gasteiger partial charge in [0.2, 0.25) is 5.91 Å². The van der Waals surface area contributed by atoms with Gasteiger partial charge in [0.25, 0.3) is 0 Å². The molecule has 0 spiro atoms. The standard InChI is InChI=1S/C15H21NOS/c1-10-4-5-11(2)13(8-10)9-18-12(3)15(17)16-14-6-7-14/h4-5,8,12,14H,6-7,9H2,1-3H3,(H,16,17)/t12-/m0/s1. The number of nitrogens with one attached hydrogen (secondary N) is 1. The van der Waals surface area contributed by atoms with Crippen LogP contribution in [0.3, 0.4) is 0 Å². The highest BCUT2D eigenvalue weighted by Crippen LogP contribution is 2.23. The van der Waals surface area contributed by atoms with Gasteiger partial charge in [-0.05, 0) is 44.7 Å². The lowest BCUT2D eigenvalue weighted by atomic mass is 10.1. The van der Waals surface area contributed by atoms with Crippen molar-refractivity contribution in [1.29, 1.82) is 0 Å². The highest BCUT2D eigenvalue weighted by atomic mass is 32.2. The Kier molecular flexibility index (Phi) is 4.33. The van der Waals surface area contributed by atoms with E-state index in [0.29, 0.717) is 6.04 Å². The lowest BCUT2D eigenvalue weighted by Crippen LogP contribution is -2.32. The largest absolute Gasteiger partial charge is 0.352 e. The average Bonchev–Trinajstić information content (AvgIpc) is 3.13. The summed E-state index contributed by atoms with van der Waals surface area (Å²) in [5.41, 5.74) is 3.93. The van der Waals surface area contributed by atoms with Crippen molar-refractivity contribution in [3.63, 3.8) is 0 Å². The second-order valence-corrected chi connectivity index (χ2v) is 6.50. The number of rotatable bonds is 5. The lowest BCUT2D eigenvalue weighted by molar-refractivity contribution is -0.120. The molecule has 0 heterocycles. The van der Waals surface area contributed by atoms with Crippen LogP contribution >= 0.6 is 11.8 Å². The summed E-state index contributed by atoms with van der Waals surface area (Å²) in [4.78, 5) is 11.8. The van der Waals surface area contributed by atoms with Gasteiger partial charge in [0.1, 0.15) is 0 Å². The monoisotopic (exact) mass is 263 g/mol. The third kappa shape index (κ3) is 3.77. The van der Waals surface area contributed by atoms with Crippen molar-refractivity contribution in [3.05, 3.63) is 34.9 Å². The Hall–Kier alpha value is -0.960. The van der Waals surface area contributed by atoms with Crippen LogP contribution in [0.1, 0.15) is 36.5 Å². The average molecular weight is 263 g/mol. The van der Waals surface area contributed by atoms with Crippen LogP contribution in [0.15, 0.2) is 18.2 Å². The molecular formula is C15H21NOS. The molecule has 1 amide bonds. The van der Waals surface area contributed by atoms with E-state index in [-0.39, 0.29) is 11.2 Å². The van der Waals surface area contributed by atoms with E-state index in [1.807, 2.05) is 6.92 Å². The first-order chi connectivity index (χ1) is 8.56. The molecule has 1 saturated carbocycles. The molecule has 1 atom stereocenters. The van der Waals surface area contributed by atoms with Gasteiger partial charge in [-0.15, -0.1) is 11.8 Å². The zero-order chi connectivity index (χ0) is 13.1. The molecule has 1 N–H and O–H groups in total. The smallest absolute Gasteiger partial charge is 0.233 e. The van der Waals surface area contributed by atoms with Crippen molar-refractivity contribution in [1.82, 2.24) is 5.32 Å². The zero-order valence-corrected chi connectivity index (χ0v) is 12.1. The summed E-state index contributed by atoms with van der Waals surface area (Å²) in [5, 5.41) is 3.09. The molecule has 18 heavy (non-hydrogen) atoms. The molecule has 3 heteroatoms. The molecule has 0 aromatic heterocycles. The van der Waals surface area contributed by atoms with Crippen LogP contribution in [-0.2, 0) is 10.5 Å². The predicted octanol–water partition coefficient (Wildman–Crippen LogP) is 3.20. The van der Waals surface area contributed by atoms with Gasteiger partial charge in [-0.1, -0.05) is 23.8 Å². The number of hydrogen-bond acceptors (Lipinski definition) is 2. The van der Waals surface area contributed by atoms with Gasteiger partial charge in [0.05, 0.1) is 5.25 Å². The van der Waals surface area contributed by atoms with Crippen molar-refractivity contribution in [2.45, 2.75) is 50.7 Å². The minimum Gasteiger partial charge on any atom is -0.352 e. The van der Waals surface area contributed by atoms with Gasteiger partial charge < -0.3 is 5.32 Å². The van der Waals surface area contributed by atoms with E-state index in [0.717, 1.165) is 18.6 Å². The Morgan fingerprint density at radius 3 is 2.83 bits per heavy atom.